The second-order valence-electron chi connectivity index (χ2n) is 6.42. The van der Waals surface area contributed by atoms with Crippen molar-refractivity contribution in [2.24, 2.45) is 0 Å². The molecule has 0 atom stereocenters. The molecule has 0 saturated carbocycles. The summed E-state index contributed by atoms with van der Waals surface area (Å²) in [5.41, 5.74) is 2.37. The van der Waals surface area contributed by atoms with Gasteiger partial charge in [-0.3, -0.25) is 0 Å². The lowest BCUT2D eigenvalue weighted by molar-refractivity contribution is 0.304. The van der Waals surface area contributed by atoms with Crippen LogP contribution in [0.15, 0.2) is 52.3 Å². The average Bonchev–Trinajstić information content (AvgIpc) is 2.69. The van der Waals surface area contributed by atoms with Gasteiger partial charge >= 0.3 is 0 Å². The fraction of sp³-hybridized carbons (Fsp3) is 0.400. The van der Waals surface area contributed by atoms with E-state index < -0.39 is 0 Å². The Morgan fingerprint density at radius 2 is 1.85 bits per heavy atom. The van der Waals surface area contributed by atoms with E-state index in [-0.39, 0.29) is 0 Å². The van der Waals surface area contributed by atoms with Gasteiger partial charge in [0, 0.05) is 42.5 Å². The number of nitrogens with zero attached hydrogens (tertiary/aromatic N) is 2. The van der Waals surface area contributed by atoms with E-state index in [0.717, 1.165) is 55.7 Å². The average molecular weight is 390 g/mol. The molecule has 0 spiro atoms. The van der Waals surface area contributed by atoms with Gasteiger partial charge in [0.25, 0.3) is 0 Å². The highest BCUT2D eigenvalue weighted by atomic mass is 32.2. The molecule has 2 aromatic carbocycles. The van der Waals surface area contributed by atoms with E-state index in [9.17, 15) is 0 Å². The zero-order valence-electron chi connectivity index (χ0n) is 15.4. The van der Waals surface area contributed by atoms with E-state index in [1.54, 1.807) is 11.8 Å². The summed E-state index contributed by atoms with van der Waals surface area (Å²) in [7, 11) is 2.18. The molecular weight excluding hydrogens is 362 g/mol. The molecular formula is C20H27N3OS2. The molecule has 0 aliphatic carbocycles. The lowest BCUT2D eigenvalue weighted by Gasteiger charge is -2.36. The van der Waals surface area contributed by atoms with Crippen LogP contribution < -0.4 is 15.0 Å². The number of para-hydroxylation sites is 1. The molecule has 0 radical (unpaired) electrons. The van der Waals surface area contributed by atoms with Gasteiger partial charge < -0.3 is 19.9 Å². The Bertz CT molecular complexity index is 718. The number of piperazine rings is 1. The van der Waals surface area contributed by atoms with Crippen molar-refractivity contribution in [3.8, 4) is 5.75 Å². The fourth-order valence-corrected chi connectivity index (χ4v) is 3.83. The van der Waals surface area contributed by atoms with Crippen LogP contribution in [-0.2, 0) is 0 Å². The maximum Gasteiger partial charge on any atom is 0.165 e. The molecule has 6 heteroatoms. The van der Waals surface area contributed by atoms with Gasteiger partial charge in [0.05, 0.1) is 11.4 Å². The number of ether oxygens (including phenoxy) is 1. The van der Waals surface area contributed by atoms with Crippen molar-refractivity contribution in [3.63, 3.8) is 0 Å². The van der Waals surface area contributed by atoms with E-state index in [0.29, 0.717) is 0 Å². The number of nitrogens with one attached hydrogen (secondary N) is 1. The van der Waals surface area contributed by atoms with Crippen molar-refractivity contribution in [3.05, 3.63) is 42.5 Å². The molecule has 140 valence electrons. The normalized spacial score (nSPS) is 16.7. The summed E-state index contributed by atoms with van der Waals surface area (Å²) < 4.78 is 5.82. The smallest absolute Gasteiger partial charge is 0.165 e. The highest BCUT2D eigenvalue weighted by Gasteiger charge is 2.21. The SMILES string of the molecule is CN1CCN(c2cccc3c2OCCN3)CC1.CSc1cccc(S)c1. The minimum Gasteiger partial charge on any atom is -0.487 e. The molecule has 0 amide bonds. The fourth-order valence-electron chi connectivity index (χ4n) is 3.06. The van der Waals surface area contributed by atoms with Gasteiger partial charge in [-0.15, -0.1) is 24.4 Å². The molecule has 0 unspecified atom stereocenters. The minimum atomic E-state index is 0.762. The van der Waals surface area contributed by atoms with Crippen LogP contribution in [0.25, 0.3) is 0 Å². The molecule has 1 fully saturated rings. The third-order valence-corrected chi connectivity index (χ3v) is 5.56. The first-order valence-electron chi connectivity index (χ1n) is 8.93. The highest BCUT2D eigenvalue weighted by molar-refractivity contribution is 7.98. The standard InChI is InChI=1S/C13H19N3O.C7H8S2/c1-15-6-8-16(9-7-15)12-4-2-3-11-13(12)17-10-5-14-11;1-9-7-4-2-3-6(8)5-7/h2-4,14H,5-10H2,1H3;2-5,8H,1H3. The van der Waals surface area contributed by atoms with Gasteiger partial charge in [0.2, 0.25) is 0 Å². The lowest BCUT2D eigenvalue weighted by Crippen LogP contribution is -2.44. The van der Waals surface area contributed by atoms with Crippen molar-refractivity contribution in [1.82, 2.24) is 4.90 Å². The summed E-state index contributed by atoms with van der Waals surface area (Å²) in [6.45, 7) is 6.07. The van der Waals surface area contributed by atoms with Crippen molar-refractivity contribution in [1.29, 1.82) is 0 Å². The summed E-state index contributed by atoms with van der Waals surface area (Å²) in [6.07, 6.45) is 2.06. The Labute approximate surface area is 166 Å². The topological polar surface area (TPSA) is 27.7 Å². The molecule has 26 heavy (non-hydrogen) atoms. The lowest BCUT2D eigenvalue weighted by atomic mass is 10.2. The zero-order valence-corrected chi connectivity index (χ0v) is 17.2. The van der Waals surface area contributed by atoms with Crippen LogP contribution in [0.2, 0.25) is 0 Å². The van der Waals surface area contributed by atoms with Gasteiger partial charge in [-0.2, -0.15) is 0 Å². The monoisotopic (exact) mass is 389 g/mol. The molecule has 0 bridgehead atoms. The maximum absolute atomic E-state index is 5.82. The Hall–Kier alpha value is -1.50. The molecule has 2 aliphatic heterocycles. The van der Waals surface area contributed by atoms with E-state index in [4.69, 9.17) is 4.74 Å². The number of hydrogen-bond acceptors (Lipinski definition) is 6. The summed E-state index contributed by atoms with van der Waals surface area (Å²) in [6, 6.07) is 14.5. The number of thioether (sulfide) groups is 1. The van der Waals surface area contributed by atoms with E-state index in [1.807, 2.05) is 18.2 Å². The van der Waals surface area contributed by atoms with Crippen LogP contribution in [-0.4, -0.2) is 57.5 Å². The molecule has 4 rings (SSSR count). The Morgan fingerprint density at radius 3 is 2.54 bits per heavy atom. The Kier molecular flexibility index (Phi) is 7.00. The molecule has 0 aromatic heterocycles. The number of hydrogen-bond donors (Lipinski definition) is 2. The van der Waals surface area contributed by atoms with Crippen molar-refractivity contribution in [2.45, 2.75) is 9.79 Å². The van der Waals surface area contributed by atoms with Crippen LogP contribution in [0.3, 0.4) is 0 Å². The number of benzene rings is 2. The van der Waals surface area contributed by atoms with Crippen molar-refractivity contribution >= 4 is 35.8 Å². The summed E-state index contributed by atoms with van der Waals surface area (Å²) >= 11 is 5.93. The number of anilines is 2. The number of thiol groups is 1. The van der Waals surface area contributed by atoms with Crippen LogP contribution >= 0.6 is 24.4 Å². The Morgan fingerprint density at radius 1 is 1.08 bits per heavy atom. The number of fused-ring (bicyclic) bond motifs is 1. The first-order valence-corrected chi connectivity index (χ1v) is 10.6. The summed E-state index contributed by atoms with van der Waals surface area (Å²) in [5, 5.41) is 3.39. The third kappa shape index (κ3) is 5.02. The van der Waals surface area contributed by atoms with Crippen LogP contribution in [0, 0.1) is 0 Å². The van der Waals surface area contributed by atoms with Gasteiger partial charge in [0.15, 0.2) is 5.75 Å². The van der Waals surface area contributed by atoms with E-state index in [1.165, 1.54) is 10.6 Å². The van der Waals surface area contributed by atoms with Crippen molar-refractivity contribution in [2.75, 3.05) is 62.9 Å². The predicted octanol–water partition coefficient (Wildman–Crippen LogP) is 3.94. The number of rotatable bonds is 2. The molecule has 2 aliphatic rings. The highest BCUT2D eigenvalue weighted by Crippen LogP contribution is 2.37. The van der Waals surface area contributed by atoms with Crippen LogP contribution in [0.1, 0.15) is 0 Å². The minimum absolute atomic E-state index is 0.762. The summed E-state index contributed by atoms with van der Waals surface area (Å²) in [5.74, 6) is 1.03. The van der Waals surface area contributed by atoms with E-state index in [2.05, 4.69) is 65.3 Å². The largest absolute Gasteiger partial charge is 0.487 e. The number of likely N-dealkylation sites (N-methyl/N-ethyl adjacent to an activating group) is 1. The predicted molar refractivity (Wildman–Crippen MR) is 116 cm³/mol. The third-order valence-electron chi connectivity index (χ3n) is 4.56. The first kappa shape index (κ1) is 19.3. The molecule has 1 N–H and O–H groups in total. The van der Waals surface area contributed by atoms with Crippen LogP contribution in [0.4, 0.5) is 11.4 Å². The van der Waals surface area contributed by atoms with Gasteiger partial charge in [-0.25, -0.2) is 0 Å². The van der Waals surface area contributed by atoms with E-state index >= 15 is 0 Å². The zero-order chi connectivity index (χ0) is 18.4. The first-order chi connectivity index (χ1) is 12.7. The maximum atomic E-state index is 5.82. The molecule has 4 nitrogen and oxygen atoms in total. The quantitative estimate of drug-likeness (QED) is 0.600. The second-order valence-corrected chi connectivity index (χ2v) is 7.82. The van der Waals surface area contributed by atoms with Gasteiger partial charge in [-0.1, -0.05) is 12.1 Å². The summed E-state index contributed by atoms with van der Waals surface area (Å²) in [4.78, 5) is 7.08. The van der Waals surface area contributed by atoms with Gasteiger partial charge in [-0.05, 0) is 43.6 Å². The van der Waals surface area contributed by atoms with Crippen molar-refractivity contribution < 1.29 is 4.74 Å². The van der Waals surface area contributed by atoms with Crippen LogP contribution in [0.5, 0.6) is 5.75 Å². The molecule has 2 heterocycles. The molecule has 1 saturated heterocycles. The Balaban J connectivity index is 0.000000185. The van der Waals surface area contributed by atoms with Gasteiger partial charge in [0.1, 0.15) is 6.61 Å². The second kappa shape index (κ2) is 9.44. The molecule has 2 aromatic rings.